The molecule has 0 radical (unpaired) electrons. The molecule has 3 rings (SSSR count). The first-order chi connectivity index (χ1) is 12.7. The molecule has 0 atom stereocenters. The fourth-order valence-corrected chi connectivity index (χ4v) is 3.59. The molecule has 0 bridgehead atoms. The van der Waals surface area contributed by atoms with E-state index in [0.717, 1.165) is 46.4 Å². The van der Waals surface area contributed by atoms with Gasteiger partial charge in [-0.3, -0.25) is 0 Å². The number of allylic oxidation sites excluding steroid dienone is 1. The zero-order chi connectivity index (χ0) is 18.2. The van der Waals surface area contributed by atoms with E-state index in [1.165, 1.54) is 25.7 Å². The first-order valence-corrected chi connectivity index (χ1v) is 10.0. The van der Waals surface area contributed by atoms with Crippen molar-refractivity contribution in [1.29, 1.82) is 0 Å². The average Bonchev–Trinajstić information content (AvgIpc) is 2.66. The molecule has 2 aromatic rings. The Bertz CT molecular complexity index is 761. The molecule has 1 aliphatic rings. The summed E-state index contributed by atoms with van der Waals surface area (Å²) in [7, 11) is 0. The highest BCUT2D eigenvalue weighted by molar-refractivity contribution is 6.31. The van der Waals surface area contributed by atoms with Crippen LogP contribution in [0.5, 0.6) is 5.75 Å². The van der Waals surface area contributed by atoms with E-state index in [1.807, 2.05) is 42.5 Å². The quantitative estimate of drug-likeness (QED) is 0.363. The zero-order valence-electron chi connectivity index (χ0n) is 15.3. The van der Waals surface area contributed by atoms with Crippen molar-refractivity contribution in [3.63, 3.8) is 0 Å². The summed E-state index contributed by atoms with van der Waals surface area (Å²) in [6.07, 6.45) is 8.69. The standard InChI is InChI=1S/C22H25Cl2NO.ClH/c23-20-10-11-22(26-16-18-8-4-5-9-21(18)24)19(14-20)15-25-13-12-17-6-2-1-3-7-17;/h4-6,8-11,14,25H,1-3,7,12-13,15-16H2;1H. The van der Waals surface area contributed by atoms with Crippen molar-refractivity contribution in [3.8, 4) is 5.75 Å². The van der Waals surface area contributed by atoms with Crippen LogP contribution in [0.25, 0.3) is 0 Å². The first-order valence-electron chi connectivity index (χ1n) is 9.25. The van der Waals surface area contributed by atoms with Gasteiger partial charge in [-0.2, -0.15) is 0 Å². The molecule has 2 aromatic carbocycles. The minimum Gasteiger partial charge on any atom is -0.489 e. The minimum atomic E-state index is 0. The summed E-state index contributed by atoms with van der Waals surface area (Å²) in [5.41, 5.74) is 3.64. The molecule has 5 heteroatoms. The van der Waals surface area contributed by atoms with Crippen LogP contribution in [0.2, 0.25) is 10.0 Å². The van der Waals surface area contributed by atoms with Gasteiger partial charge in [0.05, 0.1) is 0 Å². The van der Waals surface area contributed by atoms with E-state index < -0.39 is 0 Å². The smallest absolute Gasteiger partial charge is 0.124 e. The molecule has 0 amide bonds. The van der Waals surface area contributed by atoms with Crippen LogP contribution in [-0.4, -0.2) is 6.54 Å². The molecule has 0 aliphatic heterocycles. The van der Waals surface area contributed by atoms with Crippen LogP contribution in [0.15, 0.2) is 54.1 Å². The normalized spacial score (nSPS) is 13.6. The Labute approximate surface area is 178 Å². The Morgan fingerprint density at radius 3 is 2.63 bits per heavy atom. The Balaban J connectivity index is 0.00000261. The molecule has 27 heavy (non-hydrogen) atoms. The highest BCUT2D eigenvalue weighted by Crippen LogP contribution is 2.25. The predicted molar refractivity (Wildman–Crippen MR) is 117 cm³/mol. The minimum absolute atomic E-state index is 0. The lowest BCUT2D eigenvalue weighted by Crippen LogP contribution is -2.16. The van der Waals surface area contributed by atoms with E-state index in [9.17, 15) is 0 Å². The van der Waals surface area contributed by atoms with Gasteiger partial charge in [0.1, 0.15) is 12.4 Å². The van der Waals surface area contributed by atoms with E-state index in [4.69, 9.17) is 27.9 Å². The van der Waals surface area contributed by atoms with Gasteiger partial charge in [0.15, 0.2) is 0 Å². The fraction of sp³-hybridized carbons (Fsp3) is 0.364. The Morgan fingerprint density at radius 2 is 1.85 bits per heavy atom. The third-order valence-electron chi connectivity index (χ3n) is 4.69. The largest absolute Gasteiger partial charge is 0.489 e. The van der Waals surface area contributed by atoms with Crippen molar-refractivity contribution in [2.45, 2.75) is 45.3 Å². The first kappa shape index (κ1) is 22.1. The molecule has 2 nitrogen and oxygen atoms in total. The molecular weight excluding hydrogens is 401 g/mol. The van der Waals surface area contributed by atoms with Crippen LogP contribution in [0.3, 0.4) is 0 Å². The van der Waals surface area contributed by atoms with E-state index in [2.05, 4.69) is 11.4 Å². The molecule has 1 N–H and O–H groups in total. The molecule has 146 valence electrons. The highest BCUT2D eigenvalue weighted by atomic mass is 35.5. The van der Waals surface area contributed by atoms with E-state index in [1.54, 1.807) is 5.57 Å². The summed E-state index contributed by atoms with van der Waals surface area (Å²) < 4.78 is 6.01. The number of ether oxygens (including phenoxy) is 1. The zero-order valence-corrected chi connectivity index (χ0v) is 17.7. The molecule has 0 heterocycles. The molecule has 1 aliphatic carbocycles. The van der Waals surface area contributed by atoms with Crippen molar-refractivity contribution >= 4 is 35.6 Å². The molecular formula is C22H26Cl3NO. The Hall–Kier alpha value is -1.19. The lowest BCUT2D eigenvalue weighted by Gasteiger charge is -2.15. The van der Waals surface area contributed by atoms with Crippen LogP contribution >= 0.6 is 35.6 Å². The second-order valence-electron chi connectivity index (χ2n) is 6.67. The van der Waals surface area contributed by atoms with Crippen molar-refractivity contribution < 1.29 is 4.74 Å². The topological polar surface area (TPSA) is 21.3 Å². The Kier molecular flexibility index (Phi) is 9.50. The number of halogens is 3. The van der Waals surface area contributed by atoms with Gasteiger partial charge in [-0.05, 0) is 62.9 Å². The van der Waals surface area contributed by atoms with Crippen molar-refractivity contribution in [3.05, 3.63) is 75.3 Å². The molecule has 0 saturated heterocycles. The molecule has 0 unspecified atom stereocenters. The summed E-state index contributed by atoms with van der Waals surface area (Å²) in [4.78, 5) is 0. The monoisotopic (exact) mass is 425 g/mol. The van der Waals surface area contributed by atoms with Gasteiger partial charge in [0, 0.05) is 27.7 Å². The average molecular weight is 427 g/mol. The second kappa shape index (κ2) is 11.6. The van der Waals surface area contributed by atoms with E-state index >= 15 is 0 Å². The molecule has 0 saturated carbocycles. The SMILES string of the molecule is Cl.Clc1ccc(OCc2ccccc2Cl)c(CNCCC2=CCCCC2)c1. The molecule has 0 fully saturated rings. The lowest BCUT2D eigenvalue weighted by molar-refractivity contribution is 0.302. The summed E-state index contributed by atoms with van der Waals surface area (Å²) >= 11 is 12.4. The van der Waals surface area contributed by atoms with Crippen molar-refractivity contribution in [2.24, 2.45) is 0 Å². The van der Waals surface area contributed by atoms with E-state index in [-0.39, 0.29) is 12.4 Å². The third-order valence-corrected chi connectivity index (χ3v) is 5.29. The van der Waals surface area contributed by atoms with Gasteiger partial charge in [-0.25, -0.2) is 0 Å². The van der Waals surface area contributed by atoms with Crippen LogP contribution in [0, 0.1) is 0 Å². The van der Waals surface area contributed by atoms with Gasteiger partial charge < -0.3 is 10.1 Å². The summed E-state index contributed by atoms with van der Waals surface area (Å²) in [6.45, 7) is 2.16. The van der Waals surface area contributed by atoms with Gasteiger partial charge >= 0.3 is 0 Å². The van der Waals surface area contributed by atoms with Crippen LogP contribution in [0.4, 0.5) is 0 Å². The van der Waals surface area contributed by atoms with E-state index in [0.29, 0.717) is 6.61 Å². The number of benzene rings is 2. The Morgan fingerprint density at radius 1 is 1.00 bits per heavy atom. The van der Waals surface area contributed by atoms with Crippen LogP contribution in [0.1, 0.15) is 43.2 Å². The maximum absolute atomic E-state index is 6.21. The maximum atomic E-state index is 6.21. The van der Waals surface area contributed by atoms with Crippen LogP contribution in [-0.2, 0) is 13.2 Å². The summed E-state index contributed by atoms with van der Waals surface area (Å²) in [6, 6.07) is 13.5. The van der Waals surface area contributed by atoms with Gasteiger partial charge in [0.25, 0.3) is 0 Å². The summed E-state index contributed by atoms with van der Waals surface area (Å²) in [5, 5.41) is 4.97. The fourth-order valence-electron chi connectivity index (χ4n) is 3.20. The number of hydrogen-bond acceptors (Lipinski definition) is 2. The highest BCUT2D eigenvalue weighted by Gasteiger charge is 2.08. The van der Waals surface area contributed by atoms with Crippen molar-refractivity contribution in [2.75, 3.05) is 6.54 Å². The number of hydrogen-bond donors (Lipinski definition) is 1. The number of nitrogens with one attached hydrogen (secondary N) is 1. The molecule has 0 spiro atoms. The van der Waals surface area contributed by atoms with Gasteiger partial charge in [-0.15, -0.1) is 12.4 Å². The lowest BCUT2D eigenvalue weighted by atomic mass is 9.97. The van der Waals surface area contributed by atoms with Crippen LogP contribution < -0.4 is 10.1 Å². The number of rotatable bonds is 8. The predicted octanol–water partition coefficient (Wildman–Crippen LogP) is 6.97. The van der Waals surface area contributed by atoms with Gasteiger partial charge in [-0.1, -0.05) is 53.1 Å². The van der Waals surface area contributed by atoms with Crippen molar-refractivity contribution in [1.82, 2.24) is 5.32 Å². The molecule has 0 aromatic heterocycles. The summed E-state index contributed by atoms with van der Waals surface area (Å²) in [5.74, 6) is 0.846. The maximum Gasteiger partial charge on any atom is 0.124 e. The third kappa shape index (κ3) is 7.04. The second-order valence-corrected chi connectivity index (χ2v) is 7.51. The van der Waals surface area contributed by atoms with Gasteiger partial charge in [0.2, 0.25) is 0 Å².